The molecular weight excluding hydrogens is 255 g/mol. The van der Waals surface area contributed by atoms with Crippen LogP contribution in [0.25, 0.3) is 11.4 Å². The highest BCUT2D eigenvalue weighted by atomic mass is 14.8. The molecule has 21 heavy (non-hydrogen) atoms. The van der Waals surface area contributed by atoms with Gasteiger partial charge < -0.3 is 0 Å². The van der Waals surface area contributed by atoms with Gasteiger partial charge in [-0.3, -0.25) is 0 Å². The van der Waals surface area contributed by atoms with Crippen LogP contribution in [0.1, 0.15) is 18.3 Å². The zero-order valence-electron chi connectivity index (χ0n) is 12.0. The van der Waals surface area contributed by atoms with E-state index in [2.05, 4.69) is 72.7 Å². The number of aromatic nitrogens is 2. The Morgan fingerprint density at radius 3 is 2.14 bits per heavy atom. The van der Waals surface area contributed by atoms with Crippen molar-refractivity contribution < 1.29 is 0 Å². The summed E-state index contributed by atoms with van der Waals surface area (Å²) in [5.74, 6) is 1.16. The zero-order valence-corrected chi connectivity index (χ0v) is 12.0. The Morgan fingerprint density at radius 1 is 0.810 bits per heavy atom. The molecule has 3 heteroatoms. The minimum Gasteiger partial charge on any atom is -0.237 e. The van der Waals surface area contributed by atoms with Crippen LogP contribution in [-0.2, 0) is 0 Å². The first-order chi connectivity index (χ1) is 10.3. The molecule has 0 N–H and O–H groups in total. The van der Waals surface area contributed by atoms with E-state index in [0.29, 0.717) is 5.82 Å². The Bertz CT molecular complexity index is 681. The Labute approximate surface area is 126 Å². The van der Waals surface area contributed by atoms with Crippen LogP contribution in [0.3, 0.4) is 0 Å². The summed E-state index contributed by atoms with van der Waals surface area (Å²) in [5, 5.41) is 0. The first kappa shape index (κ1) is 13.6. The van der Waals surface area contributed by atoms with E-state index < -0.39 is 0 Å². The summed E-state index contributed by atoms with van der Waals surface area (Å²) in [6.07, 6.45) is 3.53. The summed E-state index contributed by atoms with van der Waals surface area (Å²) in [5.41, 5.74) is 3.58. The van der Waals surface area contributed by atoms with Gasteiger partial charge in [-0.15, -0.1) is 0 Å². The van der Waals surface area contributed by atoms with Crippen LogP contribution in [-0.4, -0.2) is 17.2 Å². The van der Waals surface area contributed by atoms with Crippen molar-refractivity contribution in [1.29, 1.82) is 0 Å². The van der Waals surface area contributed by atoms with Crippen LogP contribution < -0.4 is 5.46 Å². The van der Waals surface area contributed by atoms with Gasteiger partial charge >= 0.3 is 0 Å². The van der Waals surface area contributed by atoms with E-state index in [-0.39, 0.29) is 0 Å². The highest BCUT2D eigenvalue weighted by molar-refractivity contribution is 6.54. The van der Waals surface area contributed by atoms with Gasteiger partial charge in [0, 0.05) is 18.0 Å². The number of rotatable bonds is 4. The molecule has 2 nitrogen and oxygen atoms in total. The minimum absolute atomic E-state index is 0.394. The maximum Gasteiger partial charge on any atom is 0.160 e. The van der Waals surface area contributed by atoms with E-state index in [1.54, 1.807) is 12.4 Å². The molecule has 0 saturated heterocycles. The Kier molecular flexibility index (Phi) is 4.11. The van der Waals surface area contributed by atoms with Crippen molar-refractivity contribution in [2.45, 2.75) is 12.7 Å². The maximum absolute atomic E-state index is 4.27. The zero-order chi connectivity index (χ0) is 14.5. The van der Waals surface area contributed by atoms with Crippen LogP contribution in [0.2, 0.25) is 0 Å². The number of hydrogen-bond donors (Lipinski definition) is 0. The van der Waals surface area contributed by atoms with Crippen molar-refractivity contribution in [1.82, 2.24) is 9.97 Å². The maximum atomic E-state index is 4.27. The van der Waals surface area contributed by atoms with E-state index in [1.807, 2.05) is 12.1 Å². The Hall–Kier alpha value is -2.42. The third-order valence-electron chi connectivity index (χ3n) is 3.50. The molecule has 1 heterocycles. The van der Waals surface area contributed by atoms with Crippen molar-refractivity contribution in [2.75, 3.05) is 0 Å². The van der Waals surface area contributed by atoms with Crippen LogP contribution in [0.4, 0.5) is 0 Å². The molecule has 101 valence electrons. The second-order valence-corrected chi connectivity index (χ2v) is 5.06. The quantitative estimate of drug-likeness (QED) is 0.681. The highest BCUT2D eigenvalue weighted by Crippen LogP contribution is 2.14. The summed E-state index contributed by atoms with van der Waals surface area (Å²) in [6.45, 7) is 2.21. The molecule has 3 rings (SSSR count). The summed E-state index contributed by atoms with van der Waals surface area (Å²) < 4.78 is 0. The van der Waals surface area contributed by atoms with Gasteiger partial charge in [-0.05, 0) is 11.9 Å². The van der Waals surface area contributed by atoms with Crippen molar-refractivity contribution in [3.8, 4) is 11.4 Å². The fourth-order valence-electron chi connectivity index (χ4n) is 2.33. The number of hydrogen-bond acceptors (Lipinski definition) is 2. The van der Waals surface area contributed by atoms with Gasteiger partial charge in [-0.1, -0.05) is 72.5 Å². The summed E-state index contributed by atoms with van der Waals surface area (Å²) in [4.78, 5) is 8.53. The second-order valence-electron chi connectivity index (χ2n) is 5.06. The van der Waals surface area contributed by atoms with Gasteiger partial charge in [0.2, 0.25) is 0 Å². The van der Waals surface area contributed by atoms with Crippen molar-refractivity contribution in [3.63, 3.8) is 0 Å². The van der Waals surface area contributed by atoms with Gasteiger partial charge in [0.05, 0.1) is 0 Å². The third kappa shape index (κ3) is 3.37. The Balaban J connectivity index is 1.73. The Morgan fingerprint density at radius 2 is 1.48 bits per heavy atom. The van der Waals surface area contributed by atoms with Crippen LogP contribution in [0.15, 0.2) is 73.1 Å². The lowest BCUT2D eigenvalue weighted by Crippen LogP contribution is -2.19. The first-order valence-electron chi connectivity index (χ1n) is 7.10. The molecule has 0 fully saturated rings. The number of benzene rings is 2. The summed E-state index contributed by atoms with van der Waals surface area (Å²) in [6, 6.07) is 20.7. The minimum atomic E-state index is 0.394. The fourth-order valence-corrected chi connectivity index (χ4v) is 2.33. The molecule has 0 spiro atoms. The van der Waals surface area contributed by atoms with Gasteiger partial charge in [0.25, 0.3) is 0 Å². The monoisotopic (exact) mass is 271 g/mol. The molecule has 0 bridgehead atoms. The number of nitrogens with zero attached hydrogens (tertiary/aromatic N) is 2. The lowest BCUT2D eigenvalue weighted by molar-refractivity contribution is 1.07. The molecule has 2 aromatic carbocycles. The molecule has 0 aliphatic heterocycles. The fraction of sp³-hybridized carbons (Fsp3) is 0.111. The lowest BCUT2D eigenvalue weighted by atomic mass is 9.57. The van der Waals surface area contributed by atoms with E-state index >= 15 is 0 Å². The second kappa shape index (κ2) is 6.36. The summed E-state index contributed by atoms with van der Waals surface area (Å²) in [7, 11) is 2.27. The van der Waals surface area contributed by atoms with Crippen molar-refractivity contribution in [2.24, 2.45) is 0 Å². The molecule has 1 atom stereocenters. The van der Waals surface area contributed by atoms with Gasteiger partial charge in [0.15, 0.2) is 13.1 Å². The first-order valence-corrected chi connectivity index (χ1v) is 7.10. The molecule has 1 aromatic heterocycles. The summed E-state index contributed by atoms with van der Waals surface area (Å²) >= 11 is 0. The molecule has 0 saturated carbocycles. The van der Waals surface area contributed by atoms with Gasteiger partial charge in [0.1, 0.15) is 0 Å². The lowest BCUT2D eigenvalue weighted by Gasteiger charge is -2.11. The third-order valence-corrected chi connectivity index (χ3v) is 3.50. The smallest absolute Gasteiger partial charge is 0.160 e. The average Bonchev–Trinajstić information content (AvgIpc) is 2.57. The topological polar surface area (TPSA) is 25.8 Å². The van der Waals surface area contributed by atoms with E-state index in [4.69, 9.17) is 0 Å². The molecule has 0 aliphatic carbocycles. The van der Waals surface area contributed by atoms with E-state index in [1.165, 1.54) is 11.0 Å². The molecule has 3 aromatic rings. The highest BCUT2D eigenvalue weighted by Gasteiger charge is 2.08. The molecular formula is C18H16BN2. The molecule has 0 amide bonds. The molecule has 1 unspecified atom stereocenters. The SMILES string of the molecule is CC([B]c1ccc(-c2ncccn2)cc1)c1ccccc1. The predicted octanol–water partition coefficient (Wildman–Crippen LogP) is 3.23. The standard InChI is InChI=1S/C18H16BN2/c1-14(15-6-3-2-4-7-15)19-17-10-8-16(9-11-17)18-20-12-5-13-21-18/h2-14H,1H3. The molecule has 1 radical (unpaired) electrons. The molecule has 0 aliphatic rings. The van der Waals surface area contributed by atoms with Gasteiger partial charge in [-0.25, -0.2) is 9.97 Å². The van der Waals surface area contributed by atoms with Crippen LogP contribution in [0, 0.1) is 0 Å². The van der Waals surface area contributed by atoms with E-state index in [0.717, 1.165) is 11.4 Å². The average molecular weight is 271 g/mol. The van der Waals surface area contributed by atoms with E-state index in [9.17, 15) is 0 Å². The normalized spacial score (nSPS) is 11.9. The van der Waals surface area contributed by atoms with Crippen molar-refractivity contribution >= 4 is 12.7 Å². The van der Waals surface area contributed by atoms with Crippen LogP contribution in [0.5, 0.6) is 0 Å². The van der Waals surface area contributed by atoms with Crippen LogP contribution >= 0.6 is 0 Å². The largest absolute Gasteiger partial charge is 0.237 e. The van der Waals surface area contributed by atoms with Gasteiger partial charge in [-0.2, -0.15) is 0 Å². The predicted molar refractivity (Wildman–Crippen MR) is 87.7 cm³/mol. The van der Waals surface area contributed by atoms with Crippen molar-refractivity contribution in [3.05, 3.63) is 78.6 Å².